The van der Waals surface area contributed by atoms with Crippen molar-refractivity contribution in [3.05, 3.63) is 0 Å². The highest BCUT2D eigenvalue weighted by molar-refractivity contribution is 5.84. The standard InChI is InChI=1S/C14H27N3O2/c1-2-16-14(13(15)18)6-3-5-12(11-14)17-7-4-9-19-10-8-17/h12,16H,2-11H2,1H3,(H2,15,18). The van der Waals surface area contributed by atoms with E-state index in [1.54, 1.807) is 0 Å². The molecule has 2 fully saturated rings. The van der Waals surface area contributed by atoms with Crippen molar-refractivity contribution in [2.24, 2.45) is 5.73 Å². The Kier molecular flexibility index (Phi) is 5.19. The van der Waals surface area contributed by atoms with Gasteiger partial charge in [0.15, 0.2) is 0 Å². The summed E-state index contributed by atoms with van der Waals surface area (Å²) in [6.45, 7) is 6.54. The lowest BCUT2D eigenvalue weighted by molar-refractivity contribution is -0.126. The first-order chi connectivity index (χ1) is 9.18. The molecule has 19 heavy (non-hydrogen) atoms. The fourth-order valence-electron chi connectivity index (χ4n) is 3.50. The number of primary amides is 1. The van der Waals surface area contributed by atoms with Gasteiger partial charge < -0.3 is 15.8 Å². The number of likely N-dealkylation sites (N-methyl/N-ethyl adjacent to an activating group) is 1. The minimum atomic E-state index is -0.495. The third-order valence-electron chi connectivity index (χ3n) is 4.49. The summed E-state index contributed by atoms with van der Waals surface area (Å²) in [6, 6.07) is 0.460. The van der Waals surface area contributed by atoms with Crippen molar-refractivity contribution < 1.29 is 9.53 Å². The van der Waals surface area contributed by atoms with Gasteiger partial charge in [-0.15, -0.1) is 0 Å². The van der Waals surface area contributed by atoms with E-state index >= 15 is 0 Å². The van der Waals surface area contributed by atoms with E-state index in [0.717, 1.165) is 58.5 Å². The van der Waals surface area contributed by atoms with Crippen molar-refractivity contribution in [3.63, 3.8) is 0 Å². The van der Waals surface area contributed by atoms with Crippen LogP contribution >= 0.6 is 0 Å². The number of nitrogens with zero attached hydrogens (tertiary/aromatic N) is 1. The van der Waals surface area contributed by atoms with Crippen LogP contribution in [0.4, 0.5) is 0 Å². The Morgan fingerprint density at radius 2 is 2.26 bits per heavy atom. The number of ether oxygens (including phenoxy) is 1. The molecule has 1 saturated heterocycles. The molecule has 0 bridgehead atoms. The molecule has 0 aromatic rings. The van der Waals surface area contributed by atoms with Crippen LogP contribution in [-0.2, 0) is 9.53 Å². The molecule has 2 rings (SSSR count). The summed E-state index contributed by atoms with van der Waals surface area (Å²) in [4.78, 5) is 14.4. The van der Waals surface area contributed by atoms with Gasteiger partial charge in [0.2, 0.25) is 5.91 Å². The van der Waals surface area contributed by atoms with Gasteiger partial charge in [-0.3, -0.25) is 9.69 Å². The Morgan fingerprint density at radius 1 is 1.42 bits per heavy atom. The van der Waals surface area contributed by atoms with Crippen molar-refractivity contribution in [2.75, 3.05) is 32.8 Å². The monoisotopic (exact) mass is 269 g/mol. The van der Waals surface area contributed by atoms with Crippen LogP contribution in [0.3, 0.4) is 0 Å². The molecular formula is C14H27N3O2. The average Bonchev–Trinajstić information content (AvgIpc) is 2.68. The molecule has 0 spiro atoms. The third kappa shape index (κ3) is 3.46. The second-order valence-electron chi connectivity index (χ2n) is 5.73. The normalized spacial score (nSPS) is 33.8. The molecule has 1 amide bonds. The molecule has 1 aliphatic carbocycles. The average molecular weight is 269 g/mol. The van der Waals surface area contributed by atoms with Gasteiger partial charge in [0.05, 0.1) is 12.1 Å². The minimum absolute atomic E-state index is 0.190. The van der Waals surface area contributed by atoms with Gasteiger partial charge in [-0.25, -0.2) is 0 Å². The molecule has 3 N–H and O–H groups in total. The predicted octanol–water partition coefficient (Wildman–Crippen LogP) is 0.485. The van der Waals surface area contributed by atoms with E-state index in [0.29, 0.717) is 6.04 Å². The highest BCUT2D eigenvalue weighted by Gasteiger charge is 2.42. The number of hydrogen-bond acceptors (Lipinski definition) is 4. The van der Waals surface area contributed by atoms with E-state index in [1.807, 2.05) is 6.92 Å². The van der Waals surface area contributed by atoms with Gasteiger partial charge in [-0.2, -0.15) is 0 Å². The maximum Gasteiger partial charge on any atom is 0.237 e. The molecule has 5 nitrogen and oxygen atoms in total. The summed E-state index contributed by atoms with van der Waals surface area (Å²) in [6.07, 6.45) is 5.03. The molecule has 0 radical (unpaired) electrons. The topological polar surface area (TPSA) is 67.6 Å². The van der Waals surface area contributed by atoms with Crippen LogP contribution in [0, 0.1) is 0 Å². The summed E-state index contributed by atoms with van der Waals surface area (Å²) < 4.78 is 5.51. The zero-order chi connectivity index (χ0) is 13.7. The second kappa shape index (κ2) is 6.68. The predicted molar refractivity (Wildman–Crippen MR) is 74.9 cm³/mol. The first kappa shape index (κ1) is 14.8. The molecule has 2 atom stereocenters. The molecule has 1 aliphatic heterocycles. The van der Waals surface area contributed by atoms with E-state index in [-0.39, 0.29) is 5.91 Å². The lowest BCUT2D eigenvalue weighted by Crippen LogP contribution is -2.60. The van der Waals surface area contributed by atoms with Crippen molar-refractivity contribution in [3.8, 4) is 0 Å². The highest BCUT2D eigenvalue weighted by Crippen LogP contribution is 2.31. The van der Waals surface area contributed by atoms with E-state index < -0.39 is 5.54 Å². The summed E-state index contributed by atoms with van der Waals surface area (Å²) in [5, 5.41) is 3.35. The number of carbonyl (C=O) groups is 1. The first-order valence-electron chi connectivity index (χ1n) is 7.55. The van der Waals surface area contributed by atoms with Crippen LogP contribution in [-0.4, -0.2) is 55.2 Å². The summed E-state index contributed by atoms with van der Waals surface area (Å²) >= 11 is 0. The van der Waals surface area contributed by atoms with Gasteiger partial charge in [-0.1, -0.05) is 6.92 Å². The minimum Gasteiger partial charge on any atom is -0.380 e. The maximum absolute atomic E-state index is 11.9. The van der Waals surface area contributed by atoms with Crippen LogP contribution in [0.1, 0.15) is 39.0 Å². The lowest BCUT2D eigenvalue weighted by Gasteiger charge is -2.43. The molecule has 1 saturated carbocycles. The largest absolute Gasteiger partial charge is 0.380 e. The van der Waals surface area contributed by atoms with E-state index in [1.165, 1.54) is 6.42 Å². The zero-order valence-electron chi connectivity index (χ0n) is 12.0. The Bertz CT molecular complexity index is 299. The summed E-state index contributed by atoms with van der Waals surface area (Å²) in [7, 11) is 0. The van der Waals surface area contributed by atoms with Crippen LogP contribution in [0.5, 0.6) is 0 Å². The second-order valence-corrected chi connectivity index (χ2v) is 5.73. The maximum atomic E-state index is 11.9. The SMILES string of the molecule is CCNC1(C(N)=O)CCCC(N2CCCOCC2)C1. The zero-order valence-corrected chi connectivity index (χ0v) is 12.0. The lowest BCUT2D eigenvalue weighted by atomic mass is 9.77. The molecule has 0 aromatic heterocycles. The number of nitrogens with one attached hydrogen (secondary N) is 1. The Morgan fingerprint density at radius 3 is 3.00 bits per heavy atom. The van der Waals surface area contributed by atoms with Crippen molar-refractivity contribution in [1.82, 2.24) is 10.2 Å². The first-order valence-corrected chi connectivity index (χ1v) is 7.55. The molecular weight excluding hydrogens is 242 g/mol. The molecule has 2 unspecified atom stereocenters. The number of amides is 1. The third-order valence-corrected chi connectivity index (χ3v) is 4.49. The van der Waals surface area contributed by atoms with E-state index in [4.69, 9.17) is 10.5 Å². The van der Waals surface area contributed by atoms with Gasteiger partial charge >= 0.3 is 0 Å². The summed E-state index contributed by atoms with van der Waals surface area (Å²) in [5.41, 5.74) is 5.17. The summed E-state index contributed by atoms with van der Waals surface area (Å²) in [5.74, 6) is -0.190. The molecule has 110 valence electrons. The molecule has 1 heterocycles. The van der Waals surface area contributed by atoms with Crippen LogP contribution in [0.25, 0.3) is 0 Å². The molecule has 5 heteroatoms. The van der Waals surface area contributed by atoms with Crippen LogP contribution < -0.4 is 11.1 Å². The Hall–Kier alpha value is -0.650. The van der Waals surface area contributed by atoms with Crippen LogP contribution in [0.15, 0.2) is 0 Å². The number of carbonyl (C=O) groups excluding carboxylic acids is 1. The van der Waals surface area contributed by atoms with Crippen molar-refractivity contribution >= 4 is 5.91 Å². The van der Waals surface area contributed by atoms with E-state index in [9.17, 15) is 4.79 Å². The molecule has 2 aliphatic rings. The molecule has 0 aromatic carbocycles. The van der Waals surface area contributed by atoms with Gasteiger partial charge in [-0.05, 0) is 38.6 Å². The van der Waals surface area contributed by atoms with Gasteiger partial charge in [0.25, 0.3) is 0 Å². The van der Waals surface area contributed by atoms with Crippen LogP contribution in [0.2, 0.25) is 0 Å². The smallest absolute Gasteiger partial charge is 0.237 e. The Labute approximate surface area is 115 Å². The number of hydrogen-bond donors (Lipinski definition) is 2. The fourth-order valence-corrected chi connectivity index (χ4v) is 3.50. The van der Waals surface area contributed by atoms with Gasteiger partial charge in [0.1, 0.15) is 0 Å². The fraction of sp³-hybridized carbons (Fsp3) is 0.929. The van der Waals surface area contributed by atoms with Gasteiger partial charge in [0, 0.05) is 25.7 Å². The highest BCUT2D eigenvalue weighted by atomic mass is 16.5. The number of rotatable bonds is 4. The van der Waals surface area contributed by atoms with Crippen molar-refractivity contribution in [1.29, 1.82) is 0 Å². The quantitative estimate of drug-likeness (QED) is 0.779. The Balaban J connectivity index is 2.03. The number of nitrogens with two attached hydrogens (primary N) is 1. The van der Waals surface area contributed by atoms with E-state index in [2.05, 4.69) is 10.2 Å². The van der Waals surface area contributed by atoms with Crippen molar-refractivity contribution in [2.45, 2.75) is 50.6 Å².